The molecule has 1 atom stereocenters. The molecule has 1 N–H and O–H groups in total. The minimum Gasteiger partial charge on any atom is -0.485 e. The van der Waals surface area contributed by atoms with E-state index in [1.807, 2.05) is 42.6 Å². The number of amides is 1. The molecule has 0 bridgehead atoms. The lowest BCUT2D eigenvalue weighted by molar-refractivity contribution is 0.141. The molecule has 23 heavy (non-hydrogen) atoms. The molecule has 0 radical (unpaired) electrons. The predicted octanol–water partition coefficient (Wildman–Crippen LogP) is 4.92. The molecule has 0 aliphatic carbocycles. The highest BCUT2D eigenvalue weighted by molar-refractivity contribution is 7.10. The Balaban J connectivity index is 2.11. The van der Waals surface area contributed by atoms with Gasteiger partial charge in [0.05, 0.1) is 0 Å². The van der Waals surface area contributed by atoms with Crippen molar-refractivity contribution in [1.29, 1.82) is 0 Å². The fourth-order valence-electron chi connectivity index (χ4n) is 2.20. The Labute approximate surface area is 145 Å². The highest BCUT2D eigenvalue weighted by atomic mass is 35.5. The molecule has 0 aliphatic heterocycles. The van der Waals surface area contributed by atoms with Gasteiger partial charge >= 0.3 is 6.09 Å². The molecule has 0 spiro atoms. The molecule has 0 saturated heterocycles. The monoisotopic (exact) mass is 353 g/mol. The van der Waals surface area contributed by atoms with Crippen LogP contribution in [0.3, 0.4) is 0 Å². The Morgan fingerprint density at radius 1 is 1.43 bits per heavy atom. The first kappa shape index (κ1) is 17.6. The van der Waals surface area contributed by atoms with Crippen LogP contribution in [0.15, 0.2) is 35.7 Å². The molecule has 0 unspecified atom stereocenters. The smallest absolute Gasteiger partial charge is 0.407 e. The van der Waals surface area contributed by atoms with E-state index in [0.717, 1.165) is 21.8 Å². The zero-order valence-corrected chi connectivity index (χ0v) is 14.7. The largest absolute Gasteiger partial charge is 0.485 e. The summed E-state index contributed by atoms with van der Waals surface area (Å²) in [6.07, 6.45) is -0.505. The van der Waals surface area contributed by atoms with E-state index in [-0.39, 0.29) is 6.10 Å². The highest BCUT2D eigenvalue weighted by Crippen LogP contribution is 2.29. The number of carbonyl (C=O) groups is 1. The van der Waals surface area contributed by atoms with Crippen LogP contribution >= 0.6 is 22.9 Å². The van der Waals surface area contributed by atoms with Crippen molar-refractivity contribution in [2.24, 2.45) is 0 Å². The first-order valence-electron chi connectivity index (χ1n) is 7.31. The van der Waals surface area contributed by atoms with Crippen LogP contribution in [-0.2, 0) is 5.88 Å². The van der Waals surface area contributed by atoms with Crippen LogP contribution in [0, 0.1) is 6.92 Å². The minimum atomic E-state index is -0.933. The molecule has 1 aromatic carbocycles. The fourth-order valence-corrected chi connectivity index (χ4v) is 3.29. The Morgan fingerprint density at radius 2 is 2.22 bits per heavy atom. The number of aryl methyl sites for hydroxylation is 1. The molecule has 1 aromatic heterocycles. The first-order chi connectivity index (χ1) is 11.0. The summed E-state index contributed by atoms with van der Waals surface area (Å²) in [5.74, 6) is 1.25. The van der Waals surface area contributed by atoms with Crippen molar-refractivity contribution in [2.45, 2.75) is 25.3 Å². The quantitative estimate of drug-likeness (QED) is 0.719. The zero-order chi connectivity index (χ0) is 16.8. The second-order valence-corrected chi connectivity index (χ2v) is 6.58. The number of benzene rings is 1. The number of hydrogen-bond donors (Lipinski definition) is 1. The molecule has 0 aliphatic rings. The van der Waals surface area contributed by atoms with E-state index >= 15 is 0 Å². The third-order valence-corrected chi connectivity index (χ3v) is 4.90. The number of halogens is 1. The number of carboxylic acid groups (broad SMARTS) is 1. The summed E-state index contributed by atoms with van der Waals surface area (Å²) < 4.78 is 6.12. The maximum Gasteiger partial charge on any atom is 0.407 e. The van der Waals surface area contributed by atoms with Crippen molar-refractivity contribution in [1.82, 2.24) is 4.90 Å². The molecule has 4 nitrogen and oxygen atoms in total. The SMILES string of the molecule is Cc1cc(O[C@@H](CCN(C)C(=O)O)c2cccs2)ccc1CCl. The van der Waals surface area contributed by atoms with Crippen molar-refractivity contribution >= 4 is 29.0 Å². The number of thiophene rings is 1. The molecule has 2 rings (SSSR count). The summed E-state index contributed by atoms with van der Waals surface area (Å²) in [5.41, 5.74) is 2.17. The predicted molar refractivity (Wildman–Crippen MR) is 93.7 cm³/mol. The van der Waals surface area contributed by atoms with Crippen LogP contribution in [0.2, 0.25) is 0 Å². The topological polar surface area (TPSA) is 49.8 Å². The van der Waals surface area contributed by atoms with Crippen molar-refractivity contribution in [3.05, 3.63) is 51.7 Å². The van der Waals surface area contributed by atoms with Crippen LogP contribution in [-0.4, -0.2) is 29.7 Å². The van der Waals surface area contributed by atoms with E-state index in [4.69, 9.17) is 21.4 Å². The van der Waals surface area contributed by atoms with Gasteiger partial charge in [-0.2, -0.15) is 0 Å². The van der Waals surface area contributed by atoms with Crippen LogP contribution in [0.5, 0.6) is 5.75 Å². The van der Waals surface area contributed by atoms with Crippen LogP contribution < -0.4 is 4.74 Å². The summed E-state index contributed by atoms with van der Waals surface area (Å²) in [6, 6.07) is 9.83. The van der Waals surface area contributed by atoms with E-state index < -0.39 is 6.09 Å². The van der Waals surface area contributed by atoms with E-state index in [2.05, 4.69) is 0 Å². The minimum absolute atomic E-state index is 0.168. The number of alkyl halides is 1. The van der Waals surface area contributed by atoms with Crippen molar-refractivity contribution < 1.29 is 14.6 Å². The molecular formula is C17H20ClNO3S. The highest BCUT2D eigenvalue weighted by Gasteiger charge is 2.17. The van der Waals surface area contributed by atoms with Crippen LogP contribution in [0.1, 0.15) is 28.5 Å². The van der Waals surface area contributed by atoms with Gasteiger partial charge in [-0.05, 0) is 41.6 Å². The van der Waals surface area contributed by atoms with E-state index in [1.54, 1.807) is 18.4 Å². The molecule has 0 fully saturated rings. The van der Waals surface area contributed by atoms with E-state index in [0.29, 0.717) is 18.8 Å². The summed E-state index contributed by atoms with van der Waals surface area (Å²) >= 11 is 7.50. The second-order valence-electron chi connectivity index (χ2n) is 5.34. The third-order valence-electron chi connectivity index (χ3n) is 3.65. The lowest BCUT2D eigenvalue weighted by Gasteiger charge is -2.21. The number of rotatable bonds is 7. The molecule has 6 heteroatoms. The first-order valence-corrected chi connectivity index (χ1v) is 8.72. The lowest BCUT2D eigenvalue weighted by atomic mass is 10.1. The maximum absolute atomic E-state index is 10.9. The van der Waals surface area contributed by atoms with Gasteiger partial charge in [0.2, 0.25) is 0 Å². The number of ether oxygens (including phenoxy) is 1. The van der Waals surface area contributed by atoms with Gasteiger partial charge in [-0.25, -0.2) is 4.79 Å². The van der Waals surface area contributed by atoms with Gasteiger partial charge in [0.25, 0.3) is 0 Å². The Hall–Kier alpha value is -1.72. The molecule has 1 amide bonds. The average molecular weight is 354 g/mol. The summed E-state index contributed by atoms with van der Waals surface area (Å²) in [7, 11) is 1.56. The van der Waals surface area contributed by atoms with E-state index in [9.17, 15) is 4.79 Å². The van der Waals surface area contributed by atoms with Crippen molar-refractivity contribution in [3.63, 3.8) is 0 Å². The van der Waals surface area contributed by atoms with Crippen LogP contribution in [0.4, 0.5) is 4.79 Å². The van der Waals surface area contributed by atoms with Gasteiger partial charge in [-0.15, -0.1) is 22.9 Å². The summed E-state index contributed by atoms with van der Waals surface area (Å²) in [6.45, 7) is 2.42. The van der Waals surface area contributed by atoms with Crippen LogP contribution in [0.25, 0.3) is 0 Å². The number of nitrogens with zero attached hydrogens (tertiary/aromatic N) is 1. The molecule has 1 heterocycles. The Kier molecular flexibility index (Phi) is 6.30. The third kappa shape index (κ3) is 4.88. The standard InChI is InChI=1S/C17H20ClNO3S/c1-12-10-14(6-5-13(12)11-18)22-15(16-4-3-9-23-16)7-8-19(2)17(20)21/h3-6,9-10,15H,7-8,11H2,1-2H3,(H,20,21)/t15-/m0/s1. The van der Waals surface area contributed by atoms with Gasteiger partial charge in [0.1, 0.15) is 11.9 Å². The van der Waals surface area contributed by atoms with Gasteiger partial charge in [-0.3, -0.25) is 0 Å². The normalized spacial score (nSPS) is 12.0. The Bertz CT molecular complexity index is 645. The summed E-state index contributed by atoms with van der Waals surface area (Å²) in [5, 5.41) is 11.0. The van der Waals surface area contributed by atoms with E-state index in [1.165, 1.54) is 4.90 Å². The van der Waals surface area contributed by atoms with Crippen molar-refractivity contribution in [2.75, 3.05) is 13.6 Å². The maximum atomic E-state index is 10.9. The van der Waals surface area contributed by atoms with Gasteiger partial charge in [0, 0.05) is 30.8 Å². The van der Waals surface area contributed by atoms with Crippen molar-refractivity contribution in [3.8, 4) is 5.75 Å². The lowest BCUT2D eigenvalue weighted by Crippen LogP contribution is -2.27. The molecule has 2 aromatic rings. The number of hydrogen-bond acceptors (Lipinski definition) is 3. The second kappa shape index (κ2) is 8.22. The molecule has 0 saturated carbocycles. The van der Waals surface area contributed by atoms with Gasteiger partial charge < -0.3 is 14.7 Å². The average Bonchev–Trinajstić information content (AvgIpc) is 3.05. The van der Waals surface area contributed by atoms with Gasteiger partial charge in [0.15, 0.2) is 0 Å². The summed E-state index contributed by atoms with van der Waals surface area (Å²) in [4.78, 5) is 13.3. The zero-order valence-electron chi connectivity index (χ0n) is 13.2. The fraction of sp³-hybridized carbons (Fsp3) is 0.353. The molecule has 124 valence electrons. The Morgan fingerprint density at radius 3 is 2.78 bits per heavy atom. The molecular weight excluding hydrogens is 334 g/mol. The van der Waals surface area contributed by atoms with Gasteiger partial charge in [-0.1, -0.05) is 12.1 Å².